The van der Waals surface area contributed by atoms with Crippen LogP contribution in [0.5, 0.6) is 0 Å². The minimum Gasteiger partial charge on any atom is -0.464 e. The molecule has 2 unspecified atom stereocenters. The van der Waals surface area contributed by atoms with Gasteiger partial charge in [0.25, 0.3) is 0 Å². The Balaban J connectivity index is 2.39. The molecule has 0 bridgehead atoms. The van der Waals surface area contributed by atoms with Crippen molar-refractivity contribution >= 4 is 17.8 Å². The highest BCUT2D eigenvalue weighted by molar-refractivity contribution is 5.85. The molecule has 1 aromatic carbocycles. The average molecular weight is 461 g/mol. The summed E-state index contributed by atoms with van der Waals surface area (Å²) in [5, 5.41) is 14.0. The molecular weight excluding hydrogens is 424 g/mol. The highest BCUT2D eigenvalue weighted by Gasteiger charge is 2.22. The van der Waals surface area contributed by atoms with E-state index in [4.69, 9.17) is 14.6 Å². The third-order valence-corrected chi connectivity index (χ3v) is 4.81. The van der Waals surface area contributed by atoms with Crippen LogP contribution in [0.15, 0.2) is 55.6 Å². The first-order valence-corrected chi connectivity index (χ1v) is 11.2. The number of aliphatic hydroxyl groups is 1. The molecule has 0 aliphatic rings. The molecule has 0 heterocycles. The first-order chi connectivity index (χ1) is 16.0. The van der Waals surface area contributed by atoms with Gasteiger partial charge in [-0.3, -0.25) is 14.4 Å². The van der Waals surface area contributed by atoms with Crippen molar-refractivity contribution in [2.45, 2.75) is 25.7 Å². The van der Waals surface area contributed by atoms with Gasteiger partial charge in [0.2, 0.25) is 11.8 Å². The second-order valence-electron chi connectivity index (χ2n) is 7.48. The molecule has 2 atom stereocenters. The zero-order valence-electron chi connectivity index (χ0n) is 19.2. The molecule has 8 nitrogen and oxygen atoms in total. The fraction of sp³-hybridized carbons (Fsp3) is 0.480. The van der Waals surface area contributed by atoms with Crippen molar-refractivity contribution in [2.24, 2.45) is 11.8 Å². The van der Waals surface area contributed by atoms with Crippen LogP contribution in [0.25, 0.3) is 0 Å². The van der Waals surface area contributed by atoms with Crippen molar-refractivity contribution < 1.29 is 29.0 Å². The van der Waals surface area contributed by atoms with E-state index >= 15 is 0 Å². The number of benzene rings is 1. The number of nitrogens with one attached hydrogen (secondary N) is 2. The predicted molar refractivity (Wildman–Crippen MR) is 126 cm³/mol. The van der Waals surface area contributed by atoms with Crippen molar-refractivity contribution in [3.8, 4) is 0 Å². The quantitative estimate of drug-likeness (QED) is 0.175. The molecule has 0 fully saturated rings. The zero-order valence-corrected chi connectivity index (χ0v) is 19.2. The third-order valence-electron chi connectivity index (χ3n) is 4.81. The Morgan fingerprint density at radius 1 is 0.939 bits per heavy atom. The summed E-state index contributed by atoms with van der Waals surface area (Å²) >= 11 is 0. The molecule has 33 heavy (non-hydrogen) atoms. The second kappa shape index (κ2) is 17.6. The van der Waals surface area contributed by atoms with E-state index in [1.54, 1.807) is 12.2 Å². The molecule has 182 valence electrons. The van der Waals surface area contributed by atoms with E-state index in [1.165, 1.54) is 0 Å². The number of esters is 1. The van der Waals surface area contributed by atoms with Crippen LogP contribution in [0.2, 0.25) is 0 Å². The van der Waals surface area contributed by atoms with E-state index in [1.807, 2.05) is 30.3 Å². The smallest absolute Gasteiger partial charge is 0.309 e. The van der Waals surface area contributed by atoms with Crippen molar-refractivity contribution in [3.05, 3.63) is 61.2 Å². The molecule has 2 amide bonds. The summed E-state index contributed by atoms with van der Waals surface area (Å²) in [7, 11) is 0. The van der Waals surface area contributed by atoms with Crippen LogP contribution >= 0.6 is 0 Å². The molecule has 0 saturated carbocycles. The van der Waals surface area contributed by atoms with Gasteiger partial charge < -0.3 is 25.2 Å². The summed E-state index contributed by atoms with van der Waals surface area (Å²) in [6.07, 6.45) is 4.70. The summed E-state index contributed by atoms with van der Waals surface area (Å²) in [6, 6.07) is 9.69. The monoisotopic (exact) mass is 460 g/mol. The van der Waals surface area contributed by atoms with Gasteiger partial charge in [0, 0.05) is 13.0 Å². The number of aliphatic hydroxyl groups excluding tert-OH is 1. The van der Waals surface area contributed by atoms with Crippen LogP contribution in [0.1, 0.15) is 24.8 Å². The van der Waals surface area contributed by atoms with Crippen molar-refractivity contribution in [1.29, 1.82) is 0 Å². The molecule has 8 heteroatoms. The number of hydrogen-bond donors (Lipinski definition) is 3. The molecule has 1 aromatic rings. The Bertz CT molecular complexity index is 738. The SMILES string of the molecule is C=CCC(CC(=O)NCCOCCO)C(=O)NCCOC(=O)C(CC=C)Cc1ccccc1. The predicted octanol–water partition coefficient (Wildman–Crippen LogP) is 1.79. The summed E-state index contributed by atoms with van der Waals surface area (Å²) in [6.45, 7) is 8.27. The topological polar surface area (TPSA) is 114 Å². The van der Waals surface area contributed by atoms with Crippen LogP contribution in [0, 0.1) is 11.8 Å². The summed E-state index contributed by atoms with van der Waals surface area (Å²) in [5.41, 5.74) is 1.04. The number of amides is 2. The number of allylic oxidation sites excluding steroid dienone is 2. The van der Waals surface area contributed by atoms with Crippen LogP contribution < -0.4 is 10.6 Å². The largest absolute Gasteiger partial charge is 0.464 e. The van der Waals surface area contributed by atoms with Gasteiger partial charge in [-0.05, 0) is 24.8 Å². The molecule has 0 aliphatic heterocycles. The summed E-state index contributed by atoms with van der Waals surface area (Å²) in [4.78, 5) is 37.0. The zero-order chi connectivity index (χ0) is 24.3. The van der Waals surface area contributed by atoms with Crippen molar-refractivity contribution in [3.63, 3.8) is 0 Å². The number of carbonyl (C=O) groups excluding carboxylic acids is 3. The summed E-state index contributed by atoms with van der Waals surface area (Å²) in [5.74, 6) is -1.81. The normalized spacial score (nSPS) is 12.3. The van der Waals surface area contributed by atoms with Crippen LogP contribution in [0.3, 0.4) is 0 Å². The Morgan fingerprint density at radius 2 is 1.61 bits per heavy atom. The molecule has 0 aromatic heterocycles. The molecule has 0 spiro atoms. The van der Waals surface area contributed by atoms with Crippen molar-refractivity contribution in [1.82, 2.24) is 10.6 Å². The minimum atomic E-state index is -0.567. The van der Waals surface area contributed by atoms with E-state index in [9.17, 15) is 14.4 Å². The summed E-state index contributed by atoms with van der Waals surface area (Å²) < 4.78 is 10.4. The minimum absolute atomic E-state index is 0.0100. The van der Waals surface area contributed by atoms with E-state index in [-0.39, 0.29) is 63.1 Å². The lowest BCUT2D eigenvalue weighted by atomic mass is 9.96. The highest BCUT2D eigenvalue weighted by atomic mass is 16.5. The van der Waals surface area contributed by atoms with Gasteiger partial charge in [-0.2, -0.15) is 0 Å². The Kier molecular flexibility index (Phi) is 14.9. The number of hydrogen-bond acceptors (Lipinski definition) is 6. The van der Waals surface area contributed by atoms with Gasteiger partial charge in [0.15, 0.2) is 0 Å². The van der Waals surface area contributed by atoms with E-state index < -0.39 is 5.92 Å². The lowest BCUT2D eigenvalue weighted by molar-refractivity contribution is -0.148. The molecule has 0 saturated heterocycles. The first-order valence-electron chi connectivity index (χ1n) is 11.2. The van der Waals surface area contributed by atoms with Gasteiger partial charge >= 0.3 is 5.97 Å². The molecule has 0 radical (unpaired) electrons. The molecule has 1 rings (SSSR count). The van der Waals surface area contributed by atoms with Gasteiger partial charge in [-0.1, -0.05) is 42.5 Å². The molecule has 0 aliphatic carbocycles. The lowest BCUT2D eigenvalue weighted by Gasteiger charge is -2.17. The first kappa shape index (κ1) is 28.1. The average Bonchev–Trinajstić information content (AvgIpc) is 2.81. The fourth-order valence-corrected chi connectivity index (χ4v) is 3.16. The standard InChI is InChI=1S/C25H36N2O6/c1-3-8-21(19-23(29)26-12-15-32-17-14-28)24(30)27-13-16-33-25(31)22(9-4-2)18-20-10-6-5-7-11-20/h3-7,10-11,21-22,28H,1-2,8-9,12-19H2,(H,26,29)(H,27,30). The maximum absolute atomic E-state index is 12.5. The maximum Gasteiger partial charge on any atom is 0.309 e. The van der Waals surface area contributed by atoms with E-state index in [0.29, 0.717) is 25.8 Å². The highest BCUT2D eigenvalue weighted by Crippen LogP contribution is 2.15. The lowest BCUT2D eigenvalue weighted by Crippen LogP contribution is -2.37. The maximum atomic E-state index is 12.5. The molecule has 3 N–H and O–H groups in total. The number of ether oxygens (including phenoxy) is 2. The van der Waals surface area contributed by atoms with E-state index in [2.05, 4.69) is 23.8 Å². The fourth-order valence-electron chi connectivity index (χ4n) is 3.16. The Morgan fingerprint density at radius 3 is 2.27 bits per heavy atom. The van der Waals surface area contributed by atoms with E-state index in [0.717, 1.165) is 5.56 Å². The van der Waals surface area contributed by atoms with Crippen LogP contribution in [0.4, 0.5) is 0 Å². The van der Waals surface area contributed by atoms with Crippen LogP contribution in [-0.2, 0) is 30.3 Å². The number of carbonyl (C=O) groups is 3. The molecular formula is C25H36N2O6. The Hall–Kier alpha value is -2.97. The van der Waals surface area contributed by atoms with Gasteiger partial charge in [-0.15, -0.1) is 13.2 Å². The van der Waals surface area contributed by atoms with Gasteiger partial charge in [-0.25, -0.2) is 0 Å². The Labute approximate surface area is 196 Å². The van der Waals surface area contributed by atoms with Gasteiger partial charge in [0.05, 0.1) is 38.2 Å². The van der Waals surface area contributed by atoms with Crippen molar-refractivity contribution in [2.75, 3.05) is 39.5 Å². The second-order valence-corrected chi connectivity index (χ2v) is 7.48. The number of rotatable bonds is 18. The van der Waals surface area contributed by atoms with Gasteiger partial charge in [0.1, 0.15) is 6.61 Å². The van der Waals surface area contributed by atoms with Crippen LogP contribution in [-0.4, -0.2) is 62.4 Å². The third kappa shape index (κ3) is 12.6.